The predicted octanol–water partition coefficient (Wildman–Crippen LogP) is 1.31. The van der Waals surface area contributed by atoms with E-state index in [1.54, 1.807) is 4.90 Å². The Bertz CT molecular complexity index is 974. The predicted molar refractivity (Wildman–Crippen MR) is 88.5 cm³/mol. The fraction of sp³-hybridized carbons (Fsp3) is 0.412. The standard InChI is InChI=1S/C17H16F2N2O5/c18-4-8-7-26-16-13-10(15(23)11(17(24)25)6-21(8)13)3-12(19)14(16)20-2-1-9(22)5-20/h3,6,8-9,22H,1-2,4-5,7H2,(H,24,25)/t8-,9+/m0/s1. The van der Waals surface area contributed by atoms with Crippen LogP contribution in [-0.4, -0.2) is 53.2 Å². The average Bonchev–Trinajstić information content (AvgIpc) is 3.03. The van der Waals surface area contributed by atoms with E-state index in [0.717, 1.165) is 12.3 Å². The quantitative estimate of drug-likeness (QED) is 0.851. The zero-order valence-corrected chi connectivity index (χ0v) is 13.6. The Morgan fingerprint density at radius 3 is 2.81 bits per heavy atom. The molecule has 2 N–H and O–H groups in total. The number of halogens is 2. The number of aromatic nitrogens is 1. The molecule has 0 unspecified atom stereocenters. The number of hydrogen-bond acceptors (Lipinski definition) is 5. The van der Waals surface area contributed by atoms with E-state index in [1.165, 1.54) is 4.57 Å². The summed E-state index contributed by atoms with van der Waals surface area (Å²) in [6, 6.07) is 0.153. The molecule has 26 heavy (non-hydrogen) atoms. The van der Waals surface area contributed by atoms with E-state index in [1.807, 2.05) is 0 Å². The Labute approximate surface area is 146 Å². The normalized spacial score (nSPS) is 21.9. The maximum Gasteiger partial charge on any atom is 0.341 e. The molecule has 1 aromatic carbocycles. The van der Waals surface area contributed by atoms with Crippen molar-refractivity contribution in [1.82, 2.24) is 4.57 Å². The van der Waals surface area contributed by atoms with Crippen LogP contribution in [0.5, 0.6) is 5.75 Å². The maximum absolute atomic E-state index is 14.8. The summed E-state index contributed by atoms with van der Waals surface area (Å²) in [5, 5.41) is 18.8. The lowest BCUT2D eigenvalue weighted by molar-refractivity contribution is 0.0694. The number of anilines is 1. The molecular formula is C17H16F2N2O5. The molecule has 1 aromatic heterocycles. The third-order valence-corrected chi connectivity index (χ3v) is 4.90. The van der Waals surface area contributed by atoms with Gasteiger partial charge in [-0.25, -0.2) is 13.6 Å². The summed E-state index contributed by atoms with van der Waals surface area (Å²) in [5.74, 6) is -2.13. The second-order valence-electron chi connectivity index (χ2n) is 6.52. The van der Waals surface area contributed by atoms with Crippen molar-refractivity contribution in [2.24, 2.45) is 0 Å². The molecule has 4 rings (SSSR count). The number of hydrogen-bond donors (Lipinski definition) is 2. The van der Waals surface area contributed by atoms with Crippen LogP contribution in [0.2, 0.25) is 0 Å². The minimum absolute atomic E-state index is 0.0767. The minimum Gasteiger partial charge on any atom is -0.487 e. The van der Waals surface area contributed by atoms with Gasteiger partial charge in [0.2, 0.25) is 5.43 Å². The Kier molecular flexibility index (Phi) is 3.83. The molecule has 3 heterocycles. The van der Waals surface area contributed by atoms with Crippen molar-refractivity contribution in [3.8, 4) is 5.75 Å². The van der Waals surface area contributed by atoms with Crippen LogP contribution in [0.25, 0.3) is 10.9 Å². The molecule has 0 amide bonds. The van der Waals surface area contributed by atoms with Gasteiger partial charge in [0.25, 0.3) is 0 Å². The molecule has 0 radical (unpaired) electrons. The van der Waals surface area contributed by atoms with Crippen LogP contribution >= 0.6 is 0 Å². The van der Waals surface area contributed by atoms with Gasteiger partial charge in [-0.05, 0) is 12.5 Å². The SMILES string of the molecule is O=C(O)c1cn2c3c(c(N4CC[C@@H](O)C4)c(F)cc3c1=O)OC[C@@H]2CF. The lowest BCUT2D eigenvalue weighted by atomic mass is 10.1. The maximum atomic E-state index is 14.8. The lowest BCUT2D eigenvalue weighted by Crippen LogP contribution is -2.31. The van der Waals surface area contributed by atoms with Gasteiger partial charge in [-0.15, -0.1) is 0 Å². The van der Waals surface area contributed by atoms with E-state index >= 15 is 0 Å². The average molecular weight is 366 g/mol. The molecule has 1 saturated heterocycles. The zero-order chi connectivity index (χ0) is 18.6. The molecule has 7 nitrogen and oxygen atoms in total. The zero-order valence-electron chi connectivity index (χ0n) is 13.6. The highest BCUT2D eigenvalue weighted by molar-refractivity contribution is 5.97. The van der Waals surface area contributed by atoms with Crippen molar-refractivity contribution in [3.05, 3.63) is 33.9 Å². The molecule has 0 bridgehead atoms. The number of carbonyl (C=O) groups is 1. The van der Waals surface area contributed by atoms with Crippen LogP contribution in [0, 0.1) is 5.82 Å². The smallest absolute Gasteiger partial charge is 0.341 e. The molecule has 2 aliphatic rings. The van der Waals surface area contributed by atoms with Crippen LogP contribution in [0.1, 0.15) is 22.8 Å². The molecule has 2 aromatic rings. The van der Waals surface area contributed by atoms with Crippen LogP contribution in [0.15, 0.2) is 17.1 Å². The number of benzene rings is 1. The third kappa shape index (κ3) is 2.34. The Hall–Kier alpha value is -2.68. The first kappa shape index (κ1) is 16.8. The monoisotopic (exact) mass is 366 g/mol. The first-order valence-electron chi connectivity index (χ1n) is 8.18. The van der Waals surface area contributed by atoms with Crippen molar-refractivity contribution >= 4 is 22.6 Å². The number of aromatic carboxylic acids is 1. The van der Waals surface area contributed by atoms with Gasteiger partial charge in [0.1, 0.15) is 24.5 Å². The Morgan fingerprint density at radius 2 is 2.19 bits per heavy atom. The highest BCUT2D eigenvalue weighted by Gasteiger charge is 2.33. The molecule has 0 spiro atoms. The number of carboxylic acid groups (broad SMARTS) is 1. The molecule has 2 aliphatic heterocycles. The summed E-state index contributed by atoms with van der Waals surface area (Å²) in [5.41, 5.74) is -1.12. The topological polar surface area (TPSA) is 92.0 Å². The number of carboxylic acids is 1. The summed E-state index contributed by atoms with van der Waals surface area (Å²) < 4.78 is 35.2. The van der Waals surface area contributed by atoms with Crippen molar-refractivity contribution < 1.29 is 28.5 Å². The summed E-state index contributed by atoms with van der Waals surface area (Å²) in [7, 11) is 0. The number of aliphatic hydroxyl groups is 1. The van der Waals surface area contributed by atoms with Gasteiger partial charge in [-0.2, -0.15) is 0 Å². The number of β-amino-alcohol motifs (C(OH)–C–C–N with tert-alkyl or cyclic N) is 1. The van der Waals surface area contributed by atoms with E-state index < -0.39 is 41.6 Å². The highest BCUT2D eigenvalue weighted by atomic mass is 19.1. The van der Waals surface area contributed by atoms with E-state index in [-0.39, 0.29) is 35.5 Å². The summed E-state index contributed by atoms with van der Waals surface area (Å²) in [6.07, 6.45) is 0.953. The van der Waals surface area contributed by atoms with Crippen LogP contribution in [0.4, 0.5) is 14.5 Å². The van der Waals surface area contributed by atoms with E-state index in [2.05, 4.69) is 0 Å². The molecule has 2 atom stereocenters. The van der Waals surface area contributed by atoms with E-state index in [4.69, 9.17) is 4.74 Å². The molecule has 0 saturated carbocycles. The van der Waals surface area contributed by atoms with Crippen LogP contribution in [0.3, 0.4) is 0 Å². The summed E-state index contributed by atoms with van der Waals surface area (Å²) in [6.45, 7) is -0.328. The number of nitrogens with zero attached hydrogens (tertiary/aromatic N) is 2. The number of aliphatic hydroxyl groups excluding tert-OH is 1. The van der Waals surface area contributed by atoms with E-state index in [9.17, 15) is 28.6 Å². The van der Waals surface area contributed by atoms with Gasteiger partial charge in [0, 0.05) is 19.3 Å². The van der Waals surface area contributed by atoms with Crippen molar-refractivity contribution in [1.29, 1.82) is 0 Å². The van der Waals surface area contributed by atoms with Crippen LogP contribution < -0.4 is 15.1 Å². The number of alkyl halides is 1. The van der Waals surface area contributed by atoms with Gasteiger partial charge < -0.3 is 24.4 Å². The summed E-state index contributed by atoms with van der Waals surface area (Å²) >= 11 is 0. The largest absolute Gasteiger partial charge is 0.487 e. The first-order valence-corrected chi connectivity index (χ1v) is 8.18. The van der Waals surface area contributed by atoms with Crippen molar-refractivity contribution in [2.45, 2.75) is 18.6 Å². The van der Waals surface area contributed by atoms with E-state index in [0.29, 0.717) is 13.0 Å². The van der Waals surface area contributed by atoms with Gasteiger partial charge in [-0.3, -0.25) is 4.79 Å². The molecule has 138 valence electrons. The molecule has 0 aliphatic carbocycles. The molecule has 9 heteroatoms. The fourth-order valence-corrected chi connectivity index (χ4v) is 3.64. The lowest BCUT2D eigenvalue weighted by Gasteiger charge is -2.31. The summed E-state index contributed by atoms with van der Waals surface area (Å²) in [4.78, 5) is 25.5. The van der Waals surface area contributed by atoms with Crippen molar-refractivity contribution in [2.75, 3.05) is 31.3 Å². The van der Waals surface area contributed by atoms with Crippen molar-refractivity contribution in [3.63, 3.8) is 0 Å². The van der Waals surface area contributed by atoms with Gasteiger partial charge >= 0.3 is 5.97 Å². The second kappa shape index (κ2) is 5.94. The minimum atomic E-state index is -1.46. The van der Waals surface area contributed by atoms with Crippen LogP contribution in [-0.2, 0) is 0 Å². The third-order valence-electron chi connectivity index (χ3n) is 4.90. The van der Waals surface area contributed by atoms with Gasteiger partial charge in [0.15, 0.2) is 11.6 Å². The van der Waals surface area contributed by atoms with Gasteiger partial charge in [0.05, 0.1) is 23.0 Å². The number of rotatable bonds is 3. The highest BCUT2D eigenvalue weighted by Crippen LogP contribution is 2.42. The Morgan fingerprint density at radius 1 is 1.42 bits per heavy atom. The number of pyridine rings is 1. The number of ether oxygens (including phenoxy) is 1. The molecular weight excluding hydrogens is 350 g/mol. The van der Waals surface area contributed by atoms with Gasteiger partial charge in [-0.1, -0.05) is 0 Å². The second-order valence-corrected chi connectivity index (χ2v) is 6.52. The Balaban J connectivity index is 2.06. The molecule has 1 fully saturated rings. The fourth-order valence-electron chi connectivity index (χ4n) is 3.64. The first-order chi connectivity index (χ1) is 12.4.